The SMILES string of the molecule is Cc1cc(C)c(S(OS(=O)(=O)CC23CCC(CC2=O)C3(C)C)(c2ccccc2)c2c(C)cc(C)cc2C)c(C)c1. The number of rotatable bonds is 7. The number of Topliss-reactive ketones (excluding diaryl/α,β-unsaturated/α-hetero) is 1. The normalized spacial score (nSPS) is 22.6. The van der Waals surface area contributed by atoms with Gasteiger partial charge in [0, 0.05) is 21.1 Å². The summed E-state index contributed by atoms with van der Waals surface area (Å²) in [5, 5.41) is 0. The van der Waals surface area contributed by atoms with E-state index >= 15 is 0 Å². The third kappa shape index (κ3) is 4.38. The van der Waals surface area contributed by atoms with Crippen molar-refractivity contribution in [1.29, 1.82) is 0 Å². The molecule has 0 N–H and O–H groups in total. The fraction of sp³-hybridized carbons (Fsp3) is 0.441. The summed E-state index contributed by atoms with van der Waals surface area (Å²) in [6, 6.07) is 18.3. The molecule has 0 aromatic heterocycles. The molecule has 3 aromatic rings. The van der Waals surface area contributed by atoms with Gasteiger partial charge in [-0.05, 0) is 110 Å². The first kappa shape index (κ1) is 29.1. The van der Waals surface area contributed by atoms with Gasteiger partial charge in [0.25, 0.3) is 10.1 Å². The molecular formula is C34H42O4S2. The zero-order chi connectivity index (χ0) is 29.3. The molecule has 5 rings (SSSR count). The minimum absolute atomic E-state index is 0.0756. The molecule has 2 fully saturated rings. The Bertz CT molecular complexity index is 1500. The van der Waals surface area contributed by atoms with E-state index in [-0.39, 0.29) is 22.9 Å². The Morgan fingerprint density at radius 1 is 0.800 bits per heavy atom. The summed E-state index contributed by atoms with van der Waals surface area (Å²) in [5.74, 6) is 0.0221. The second-order valence-electron chi connectivity index (χ2n) is 12.8. The quantitative estimate of drug-likeness (QED) is 0.282. The molecule has 3 aromatic carbocycles. The van der Waals surface area contributed by atoms with Crippen LogP contribution in [0.2, 0.25) is 0 Å². The summed E-state index contributed by atoms with van der Waals surface area (Å²) in [4.78, 5) is 16.1. The monoisotopic (exact) mass is 578 g/mol. The average molecular weight is 579 g/mol. The number of fused-ring (bicyclic) bond motifs is 2. The lowest BCUT2D eigenvalue weighted by Gasteiger charge is -2.44. The zero-order valence-corrected chi connectivity index (χ0v) is 26.7. The van der Waals surface area contributed by atoms with Gasteiger partial charge in [-0.2, -0.15) is 8.42 Å². The molecule has 2 atom stereocenters. The van der Waals surface area contributed by atoms with Crippen LogP contribution >= 0.6 is 10.3 Å². The summed E-state index contributed by atoms with van der Waals surface area (Å²) >= 11 is 0. The van der Waals surface area contributed by atoms with E-state index in [9.17, 15) is 13.2 Å². The van der Waals surface area contributed by atoms with Crippen LogP contribution < -0.4 is 0 Å². The van der Waals surface area contributed by atoms with Crippen LogP contribution in [-0.2, 0) is 18.5 Å². The third-order valence-electron chi connectivity index (χ3n) is 9.63. The van der Waals surface area contributed by atoms with E-state index < -0.39 is 25.8 Å². The Balaban J connectivity index is 1.82. The van der Waals surface area contributed by atoms with E-state index in [1.165, 1.54) is 0 Å². The molecule has 0 spiro atoms. The standard InChI is InChI=1S/C34H42O4S2/c1-22-16-24(3)31(25(4)17-22)40(29-12-10-9-11-13-29,32-26(5)18-23(2)19-27(32)6)38-39(36,37)21-34-15-14-28(20-30(34)35)33(34,7)8/h9-13,16-19,28H,14-15,20-21H2,1-8H3. The maximum absolute atomic E-state index is 14.6. The molecule has 4 nitrogen and oxygen atoms in total. The molecule has 0 aliphatic heterocycles. The van der Waals surface area contributed by atoms with Crippen molar-refractivity contribution >= 4 is 26.2 Å². The van der Waals surface area contributed by atoms with Crippen LogP contribution in [0.25, 0.3) is 0 Å². The van der Waals surface area contributed by atoms with Crippen LogP contribution in [0.15, 0.2) is 69.3 Å². The molecule has 40 heavy (non-hydrogen) atoms. The highest BCUT2D eigenvalue weighted by Gasteiger charge is 2.66. The van der Waals surface area contributed by atoms with Crippen molar-refractivity contribution in [2.75, 3.05) is 5.75 Å². The molecule has 2 aliphatic rings. The first-order valence-electron chi connectivity index (χ1n) is 14.2. The van der Waals surface area contributed by atoms with Crippen molar-refractivity contribution in [2.45, 2.75) is 89.3 Å². The summed E-state index contributed by atoms with van der Waals surface area (Å²) < 4.78 is 36.0. The van der Waals surface area contributed by atoms with Crippen LogP contribution in [0.1, 0.15) is 66.5 Å². The topological polar surface area (TPSA) is 60.4 Å². The molecule has 214 valence electrons. The Labute approximate surface area is 242 Å². The van der Waals surface area contributed by atoms with Gasteiger partial charge >= 0.3 is 0 Å². The van der Waals surface area contributed by atoms with Gasteiger partial charge < -0.3 is 0 Å². The van der Waals surface area contributed by atoms with Gasteiger partial charge in [0.2, 0.25) is 0 Å². The number of hydrogen-bond acceptors (Lipinski definition) is 4. The molecule has 2 unspecified atom stereocenters. The number of benzene rings is 3. The summed E-state index contributed by atoms with van der Waals surface area (Å²) in [6.07, 6.45) is 1.95. The molecule has 2 saturated carbocycles. The first-order chi connectivity index (χ1) is 18.6. The van der Waals surface area contributed by atoms with Crippen LogP contribution in [0, 0.1) is 58.3 Å². The highest BCUT2D eigenvalue weighted by molar-refractivity contribution is 8.33. The lowest BCUT2D eigenvalue weighted by Crippen LogP contribution is -2.42. The van der Waals surface area contributed by atoms with Crippen molar-refractivity contribution in [1.82, 2.24) is 0 Å². The van der Waals surface area contributed by atoms with Crippen LogP contribution in [0.5, 0.6) is 0 Å². The molecular weight excluding hydrogens is 537 g/mol. The number of ketones is 1. The minimum atomic E-state index is -4.19. The number of carbonyl (C=O) groups is 1. The van der Waals surface area contributed by atoms with Gasteiger partial charge in [-0.3, -0.25) is 4.79 Å². The predicted octanol–water partition coefficient (Wildman–Crippen LogP) is 8.48. The van der Waals surface area contributed by atoms with E-state index in [1.807, 2.05) is 30.3 Å². The summed E-state index contributed by atoms with van der Waals surface area (Å²) in [7, 11) is -6.95. The van der Waals surface area contributed by atoms with Crippen LogP contribution in [-0.4, -0.2) is 20.0 Å². The van der Waals surface area contributed by atoms with E-state index in [1.54, 1.807) is 0 Å². The predicted molar refractivity (Wildman–Crippen MR) is 164 cm³/mol. The van der Waals surface area contributed by atoms with E-state index in [0.29, 0.717) is 12.8 Å². The van der Waals surface area contributed by atoms with Gasteiger partial charge in [-0.15, -0.1) is 0 Å². The highest BCUT2D eigenvalue weighted by Crippen LogP contribution is 2.73. The van der Waals surface area contributed by atoms with E-state index in [4.69, 9.17) is 3.63 Å². The summed E-state index contributed by atoms with van der Waals surface area (Å²) in [5.41, 5.74) is 4.96. The van der Waals surface area contributed by atoms with Crippen LogP contribution in [0.4, 0.5) is 0 Å². The Morgan fingerprint density at radius 2 is 1.27 bits per heavy atom. The molecule has 6 heteroatoms. The van der Waals surface area contributed by atoms with Crippen molar-refractivity contribution < 1.29 is 16.8 Å². The molecule has 2 aliphatic carbocycles. The lowest BCUT2D eigenvalue weighted by molar-refractivity contribution is -0.128. The Kier molecular flexibility index (Phi) is 7.17. The number of hydrogen-bond donors (Lipinski definition) is 0. The van der Waals surface area contributed by atoms with E-state index in [0.717, 1.165) is 54.5 Å². The van der Waals surface area contributed by atoms with Crippen molar-refractivity contribution in [3.05, 3.63) is 88.0 Å². The highest BCUT2D eigenvalue weighted by atomic mass is 32.3. The van der Waals surface area contributed by atoms with Crippen molar-refractivity contribution in [3.8, 4) is 0 Å². The maximum atomic E-state index is 14.6. The molecule has 0 saturated heterocycles. The van der Waals surface area contributed by atoms with Crippen LogP contribution in [0.3, 0.4) is 0 Å². The first-order valence-corrected chi connectivity index (χ1v) is 17.3. The molecule has 0 heterocycles. The third-order valence-corrected chi connectivity index (χ3v) is 15.5. The van der Waals surface area contributed by atoms with Gasteiger partial charge in [0.15, 0.2) is 0 Å². The average Bonchev–Trinajstić information content (AvgIpc) is 3.17. The molecule has 2 bridgehead atoms. The van der Waals surface area contributed by atoms with Gasteiger partial charge in [0.05, 0.1) is 11.2 Å². The fourth-order valence-electron chi connectivity index (χ4n) is 7.89. The van der Waals surface area contributed by atoms with Crippen molar-refractivity contribution in [3.63, 3.8) is 0 Å². The lowest BCUT2D eigenvalue weighted by atomic mass is 9.70. The second-order valence-corrected chi connectivity index (χ2v) is 17.1. The van der Waals surface area contributed by atoms with Gasteiger partial charge in [0.1, 0.15) is 5.78 Å². The zero-order valence-electron chi connectivity index (χ0n) is 25.1. The second kappa shape index (κ2) is 9.85. The Hall–Kier alpha value is -2.41. The van der Waals surface area contributed by atoms with Gasteiger partial charge in [-0.1, -0.05) is 67.4 Å². The molecule has 0 amide bonds. The number of aryl methyl sites for hydroxylation is 6. The molecule has 0 radical (unpaired) electrons. The number of carbonyl (C=O) groups excluding carboxylic acids is 1. The van der Waals surface area contributed by atoms with Crippen molar-refractivity contribution in [2.24, 2.45) is 16.7 Å². The Morgan fingerprint density at radius 3 is 1.68 bits per heavy atom. The largest absolute Gasteiger partial charge is 0.299 e. The summed E-state index contributed by atoms with van der Waals surface area (Å²) in [6.45, 7) is 16.5. The maximum Gasteiger partial charge on any atom is 0.278 e. The minimum Gasteiger partial charge on any atom is -0.299 e. The smallest absolute Gasteiger partial charge is 0.278 e. The fourth-order valence-corrected chi connectivity index (χ4v) is 14.7. The van der Waals surface area contributed by atoms with Gasteiger partial charge in [-0.25, -0.2) is 3.63 Å². The van der Waals surface area contributed by atoms with E-state index in [2.05, 4.69) is 79.7 Å².